The Morgan fingerprint density at radius 2 is 2.10 bits per heavy atom. The molecule has 1 saturated heterocycles. The molecule has 1 fully saturated rings. The normalized spacial score (nSPS) is 16.2. The Balaban J connectivity index is 2.03. The Hall–Kier alpha value is -1.13. The van der Waals surface area contributed by atoms with Crippen molar-refractivity contribution in [1.29, 1.82) is 0 Å². The van der Waals surface area contributed by atoms with E-state index in [0.29, 0.717) is 10.7 Å². The number of rotatable bonds is 5. The van der Waals surface area contributed by atoms with Gasteiger partial charge in [-0.1, -0.05) is 24.9 Å². The van der Waals surface area contributed by atoms with Crippen LogP contribution in [0, 0.1) is 0 Å². The third kappa shape index (κ3) is 4.42. The van der Waals surface area contributed by atoms with Crippen LogP contribution in [0.2, 0.25) is 5.15 Å². The summed E-state index contributed by atoms with van der Waals surface area (Å²) in [6.07, 6.45) is 3.92. The molecule has 5 heteroatoms. The molecule has 21 heavy (non-hydrogen) atoms. The molecule has 0 spiro atoms. The molecule has 4 nitrogen and oxygen atoms in total. The van der Waals surface area contributed by atoms with E-state index in [1.807, 2.05) is 17.9 Å². The average Bonchev–Trinajstić information content (AvgIpc) is 2.47. The van der Waals surface area contributed by atoms with E-state index in [1.54, 1.807) is 6.07 Å². The van der Waals surface area contributed by atoms with Gasteiger partial charge in [0.05, 0.1) is 6.10 Å². The highest BCUT2D eigenvalue weighted by Crippen LogP contribution is 2.19. The maximum absolute atomic E-state index is 12.6. The number of carbonyl (C=O) groups is 1. The van der Waals surface area contributed by atoms with E-state index < -0.39 is 0 Å². The SMILES string of the molecule is CCCc1cc(C(=O)N2CCC(OCC)CC2)cc(Cl)n1. The highest BCUT2D eigenvalue weighted by atomic mass is 35.5. The van der Waals surface area contributed by atoms with E-state index >= 15 is 0 Å². The summed E-state index contributed by atoms with van der Waals surface area (Å²) in [4.78, 5) is 18.7. The predicted molar refractivity (Wildman–Crippen MR) is 83.8 cm³/mol. The zero-order valence-electron chi connectivity index (χ0n) is 12.8. The summed E-state index contributed by atoms with van der Waals surface area (Å²) in [7, 11) is 0. The van der Waals surface area contributed by atoms with Crippen molar-refractivity contribution in [1.82, 2.24) is 9.88 Å². The van der Waals surface area contributed by atoms with Gasteiger partial charge < -0.3 is 9.64 Å². The van der Waals surface area contributed by atoms with Crippen LogP contribution in [0.15, 0.2) is 12.1 Å². The van der Waals surface area contributed by atoms with Crippen LogP contribution in [-0.4, -0.2) is 41.6 Å². The van der Waals surface area contributed by atoms with Crippen LogP contribution >= 0.6 is 11.6 Å². The molecule has 116 valence electrons. The number of aromatic nitrogens is 1. The van der Waals surface area contributed by atoms with E-state index in [0.717, 1.165) is 51.1 Å². The standard InChI is InChI=1S/C16H23ClN2O2/c1-3-5-13-10-12(11-15(17)18-13)16(20)19-8-6-14(7-9-19)21-4-2/h10-11,14H,3-9H2,1-2H3. The second-order valence-corrected chi connectivity index (χ2v) is 5.75. The molecule has 0 radical (unpaired) electrons. The van der Waals surface area contributed by atoms with Crippen LogP contribution < -0.4 is 0 Å². The van der Waals surface area contributed by atoms with Gasteiger partial charge in [-0.15, -0.1) is 0 Å². The number of aryl methyl sites for hydroxylation is 1. The highest BCUT2D eigenvalue weighted by molar-refractivity contribution is 6.29. The summed E-state index contributed by atoms with van der Waals surface area (Å²) in [6, 6.07) is 3.53. The van der Waals surface area contributed by atoms with Gasteiger partial charge in [0, 0.05) is 31.0 Å². The lowest BCUT2D eigenvalue weighted by molar-refractivity contribution is 0.0146. The zero-order chi connectivity index (χ0) is 15.2. The minimum Gasteiger partial charge on any atom is -0.378 e. The van der Waals surface area contributed by atoms with Crippen LogP contribution in [0.25, 0.3) is 0 Å². The Morgan fingerprint density at radius 3 is 2.71 bits per heavy atom. The van der Waals surface area contributed by atoms with Gasteiger partial charge in [-0.3, -0.25) is 4.79 Å². The van der Waals surface area contributed by atoms with Gasteiger partial charge in [-0.25, -0.2) is 4.98 Å². The van der Waals surface area contributed by atoms with Crippen molar-refractivity contribution < 1.29 is 9.53 Å². The van der Waals surface area contributed by atoms with Gasteiger partial charge in [0.25, 0.3) is 5.91 Å². The van der Waals surface area contributed by atoms with Crippen molar-refractivity contribution in [3.8, 4) is 0 Å². The molecule has 1 aromatic rings. The number of likely N-dealkylation sites (tertiary alicyclic amines) is 1. The predicted octanol–water partition coefficient (Wildman–Crippen LogP) is 3.33. The Labute approximate surface area is 131 Å². The number of carbonyl (C=O) groups excluding carboxylic acids is 1. The topological polar surface area (TPSA) is 42.4 Å². The molecular formula is C16H23ClN2O2. The van der Waals surface area contributed by atoms with Crippen molar-refractivity contribution in [2.24, 2.45) is 0 Å². The molecule has 0 aromatic carbocycles. The molecule has 2 heterocycles. The monoisotopic (exact) mass is 310 g/mol. The fourth-order valence-electron chi connectivity index (χ4n) is 2.70. The van der Waals surface area contributed by atoms with E-state index in [9.17, 15) is 4.79 Å². The third-order valence-corrected chi connectivity index (χ3v) is 3.93. The van der Waals surface area contributed by atoms with Gasteiger partial charge in [-0.05, 0) is 38.3 Å². The van der Waals surface area contributed by atoms with Gasteiger partial charge in [0.1, 0.15) is 5.15 Å². The first-order valence-corrected chi connectivity index (χ1v) is 8.09. The Kier molecular flexibility index (Phi) is 6.00. The van der Waals surface area contributed by atoms with E-state index in [4.69, 9.17) is 16.3 Å². The number of ether oxygens (including phenoxy) is 1. The van der Waals surface area contributed by atoms with Crippen LogP contribution in [0.3, 0.4) is 0 Å². The van der Waals surface area contributed by atoms with Gasteiger partial charge >= 0.3 is 0 Å². The van der Waals surface area contributed by atoms with E-state index in [-0.39, 0.29) is 12.0 Å². The summed E-state index contributed by atoms with van der Waals surface area (Å²) in [5.74, 6) is 0.0478. The number of pyridine rings is 1. The molecule has 0 unspecified atom stereocenters. The second kappa shape index (κ2) is 7.76. The number of amides is 1. The smallest absolute Gasteiger partial charge is 0.254 e. The van der Waals surface area contributed by atoms with E-state index in [2.05, 4.69) is 11.9 Å². The van der Waals surface area contributed by atoms with Crippen molar-refractivity contribution in [3.05, 3.63) is 28.5 Å². The van der Waals surface area contributed by atoms with Crippen molar-refractivity contribution >= 4 is 17.5 Å². The lowest BCUT2D eigenvalue weighted by Gasteiger charge is -2.31. The molecule has 0 saturated carbocycles. The minimum absolute atomic E-state index is 0.0478. The van der Waals surface area contributed by atoms with Crippen molar-refractivity contribution in [2.45, 2.75) is 45.6 Å². The summed E-state index contributed by atoms with van der Waals surface area (Å²) < 4.78 is 5.62. The van der Waals surface area contributed by atoms with Crippen LogP contribution in [0.1, 0.15) is 49.2 Å². The molecule has 0 aliphatic carbocycles. The molecule has 1 aliphatic rings. The lowest BCUT2D eigenvalue weighted by Crippen LogP contribution is -2.41. The summed E-state index contributed by atoms with van der Waals surface area (Å²) in [6.45, 7) is 6.31. The number of hydrogen-bond acceptors (Lipinski definition) is 3. The first-order chi connectivity index (χ1) is 10.1. The molecule has 2 rings (SSSR count). The molecule has 0 N–H and O–H groups in total. The number of nitrogens with zero attached hydrogens (tertiary/aromatic N) is 2. The molecular weight excluding hydrogens is 288 g/mol. The molecule has 0 bridgehead atoms. The van der Waals surface area contributed by atoms with Crippen LogP contribution in [0.4, 0.5) is 0 Å². The minimum atomic E-state index is 0.0478. The largest absolute Gasteiger partial charge is 0.378 e. The number of halogens is 1. The molecule has 0 atom stereocenters. The quantitative estimate of drug-likeness (QED) is 0.783. The number of hydrogen-bond donors (Lipinski definition) is 0. The summed E-state index contributed by atoms with van der Waals surface area (Å²) in [5, 5.41) is 0.397. The molecule has 1 aromatic heterocycles. The Morgan fingerprint density at radius 1 is 1.38 bits per heavy atom. The fraction of sp³-hybridized carbons (Fsp3) is 0.625. The van der Waals surface area contributed by atoms with Crippen molar-refractivity contribution in [3.63, 3.8) is 0 Å². The first-order valence-electron chi connectivity index (χ1n) is 7.71. The summed E-state index contributed by atoms with van der Waals surface area (Å²) >= 11 is 6.03. The number of piperidine rings is 1. The van der Waals surface area contributed by atoms with Gasteiger partial charge in [0.15, 0.2) is 0 Å². The Bertz CT molecular complexity index is 485. The van der Waals surface area contributed by atoms with Gasteiger partial charge in [-0.2, -0.15) is 0 Å². The fourth-order valence-corrected chi connectivity index (χ4v) is 2.93. The highest BCUT2D eigenvalue weighted by Gasteiger charge is 2.24. The lowest BCUT2D eigenvalue weighted by atomic mass is 10.1. The van der Waals surface area contributed by atoms with Crippen LogP contribution in [0.5, 0.6) is 0 Å². The zero-order valence-corrected chi connectivity index (χ0v) is 13.5. The van der Waals surface area contributed by atoms with E-state index in [1.165, 1.54) is 0 Å². The third-order valence-electron chi connectivity index (χ3n) is 3.73. The molecule has 1 amide bonds. The molecule has 1 aliphatic heterocycles. The maximum atomic E-state index is 12.6. The van der Waals surface area contributed by atoms with Crippen LogP contribution in [-0.2, 0) is 11.2 Å². The summed E-state index contributed by atoms with van der Waals surface area (Å²) in [5.41, 5.74) is 1.53. The average molecular weight is 311 g/mol. The van der Waals surface area contributed by atoms with Crippen molar-refractivity contribution in [2.75, 3.05) is 19.7 Å². The first kappa shape index (κ1) is 16.2. The maximum Gasteiger partial charge on any atom is 0.254 e. The van der Waals surface area contributed by atoms with Gasteiger partial charge in [0.2, 0.25) is 0 Å². The second-order valence-electron chi connectivity index (χ2n) is 5.37.